The molecule has 2 aromatic rings. The lowest BCUT2D eigenvalue weighted by atomic mass is 10.1. The summed E-state index contributed by atoms with van der Waals surface area (Å²) in [6.07, 6.45) is 1.98. The fourth-order valence-corrected chi connectivity index (χ4v) is 3.41. The topological polar surface area (TPSA) is 84.9 Å². The van der Waals surface area contributed by atoms with Crippen LogP contribution in [0.15, 0.2) is 4.99 Å². The Morgan fingerprint density at radius 1 is 1.30 bits per heavy atom. The van der Waals surface area contributed by atoms with Crippen molar-refractivity contribution in [2.24, 2.45) is 12.0 Å². The Morgan fingerprint density at radius 3 is 2.70 bits per heavy atom. The van der Waals surface area contributed by atoms with E-state index in [-0.39, 0.29) is 0 Å². The van der Waals surface area contributed by atoms with Crippen LogP contribution in [0.5, 0.6) is 0 Å². The molecule has 27 heavy (non-hydrogen) atoms. The lowest BCUT2D eigenvalue weighted by molar-refractivity contribution is 0.391. The third-order valence-corrected chi connectivity index (χ3v) is 5.13. The monoisotopic (exact) mass is 372 g/mol. The summed E-state index contributed by atoms with van der Waals surface area (Å²) >= 11 is 0. The first-order valence-corrected chi connectivity index (χ1v) is 9.86. The molecule has 8 nitrogen and oxygen atoms in total. The van der Waals surface area contributed by atoms with Gasteiger partial charge in [-0.15, -0.1) is 0 Å². The summed E-state index contributed by atoms with van der Waals surface area (Å²) in [5, 5.41) is 16.1. The summed E-state index contributed by atoms with van der Waals surface area (Å²) in [5.41, 5.74) is 3.40. The minimum Gasteiger partial charge on any atom is -0.357 e. The number of rotatable bonds is 5. The van der Waals surface area contributed by atoms with Gasteiger partial charge in [0.2, 0.25) is 0 Å². The highest BCUT2D eigenvalue weighted by atomic mass is 15.4. The molecule has 1 atom stereocenters. The van der Waals surface area contributed by atoms with E-state index in [1.165, 1.54) is 11.3 Å². The number of nitrogens with zero attached hydrogens (tertiary/aromatic N) is 6. The molecule has 1 aliphatic heterocycles. The van der Waals surface area contributed by atoms with Crippen LogP contribution in [-0.2, 0) is 26.6 Å². The Balaban J connectivity index is 1.69. The molecular weight excluding hydrogens is 340 g/mol. The maximum Gasteiger partial charge on any atom is 0.191 e. The zero-order valence-electron chi connectivity index (χ0n) is 17.4. The minimum absolute atomic E-state index is 0.299. The predicted octanol–water partition coefficient (Wildman–Crippen LogP) is 1.82. The first kappa shape index (κ1) is 19.4. The van der Waals surface area contributed by atoms with Crippen molar-refractivity contribution in [2.45, 2.75) is 72.5 Å². The van der Waals surface area contributed by atoms with Gasteiger partial charge >= 0.3 is 0 Å². The van der Waals surface area contributed by atoms with Crippen molar-refractivity contribution in [1.29, 1.82) is 0 Å². The molecular formula is C19H32N8. The number of aryl methyl sites for hydroxylation is 3. The Labute approximate surface area is 161 Å². The van der Waals surface area contributed by atoms with Crippen LogP contribution < -0.4 is 10.6 Å². The molecule has 0 spiro atoms. The number of aliphatic imine (C=N–C) groups is 1. The largest absolute Gasteiger partial charge is 0.357 e. The molecule has 0 fully saturated rings. The second-order valence-electron chi connectivity index (χ2n) is 7.57. The molecule has 1 unspecified atom stereocenters. The van der Waals surface area contributed by atoms with Gasteiger partial charge in [-0.2, -0.15) is 10.2 Å². The van der Waals surface area contributed by atoms with Gasteiger partial charge in [0, 0.05) is 43.2 Å². The molecule has 2 N–H and O–H groups in total. The van der Waals surface area contributed by atoms with Crippen molar-refractivity contribution in [3.05, 3.63) is 28.6 Å². The van der Waals surface area contributed by atoms with Gasteiger partial charge in [-0.3, -0.25) is 4.68 Å². The smallest absolute Gasteiger partial charge is 0.191 e. The van der Waals surface area contributed by atoms with Crippen molar-refractivity contribution in [2.75, 3.05) is 6.54 Å². The van der Waals surface area contributed by atoms with E-state index in [1.807, 2.05) is 18.7 Å². The maximum atomic E-state index is 4.80. The predicted molar refractivity (Wildman–Crippen MR) is 107 cm³/mol. The van der Waals surface area contributed by atoms with Gasteiger partial charge in [-0.05, 0) is 27.2 Å². The molecule has 3 rings (SSSR count). The van der Waals surface area contributed by atoms with E-state index in [4.69, 9.17) is 4.99 Å². The molecule has 1 aliphatic rings. The molecule has 0 saturated heterocycles. The van der Waals surface area contributed by atoms with Crippen LogP contribution >= 0.6 is 0 Å². The molecule has 0 aliphatic carbocycles. The van der Waals surface area contributed by atoms with Crippen LogP contribution in [-0.4, -0.2) is 43.1 Å². The molecule has 0 bridgehead atoms. The highest BCUT2D eigenvalue weighted by Gasteiger charge is 2.23. The van der Waals surface area contributed by atoms with E-state index < -0.39 is 0 Å². The number of guanidine groups is 1. The van der Waals surface area contributed by atoms with Crippen LogP contribution in [0.25, 0.3) is 0 Å². The molecule has 0 saturated carbocycles. The molecule has 3 heterocycles. The second kappa shape index (κ2) is 8.10. The van der Waals surface area contributed by atoms with E-state index in [0.29, 0.717) is 18.5 Å². The van der Waals surface area contributed by atoms with Gasteiger partial charge in [0.1, 0.15) is 5.82 Å². The fraction of sp³-hybridized carbons (Fsp3) is 0.684. The first-order chi connectivity index (χ1) is 12.9. The third kappa shape index (κ3) is 4.31. The summed E-state index contributed by atoms with van der Waals surface area (Å²) in [6, 6.07) is 0.299. The average molecular weight is 373 g/mol. The van der Waals surface area contributed by atoms with Crippen LogP contribution in [0, 0.1) is 13.8 Å². The molecule has 0 radical (unpaired) electrons. The van der Waals surface area contributed by atoms with Gasteiger partial charge < -0.3 is 10.6 Å². The quantitative estimate of drug-likeness (QED) is 0.618. The molecule has 8 heteroatoms. The second-order valence-corrected chi connectivity index (χ2v) is 7.57. The summed E-state index contributed by atoms with van der Waals surface area (Å²) in [4.78, 5) is 9.46. The summed E-state index contributed by atoms with van der Waals surface area (Å²) in [6.45, 7) is 12.8. The Hall–Kier alpha value is -2.38. The third-order valence-electron chi connectivity index (χ3n) is 5.13. The van der Waals surface area contributed by atoms with E-state index in [1.54, 1.807) is 0 Å². The van der Waals surface area contributed by atoms with Crippen LogP contribution in [0.1, 0.15) is 61.7 Å². The highest BCUT2D eigenvalue weighted by molar-refractivity contribution is 5.80. The Kier molecular flexibility index (Phi) is 5.82. The van der Waals surface area contributed by atoms with E-state index >= 15 is 0 Å². The zero-order valence-corrected chi connectivity index (χ0v) is 17.4. The maximum absolute atomic E-state index is 4.80. The van der Waals surface area contributed by atoms with Crippen LogP contribution in [0.2, 0.25) is 0 Å². The van der Waals surface area contributed by atoms with Crippen molar-refractivity contribution in [1.82, 2.24) is 35.2 Å². The van der Waals surface area contributed by atoms with Crippen molar-refractivity contribution < 1.29 is 0 Å². The lowest BCUT2D eigenvalue weighted by Gasteiger charge is -2.25. The fourth-order valence-electron chi connectivity index (χ4n) is 3.41. The van der Waals surface area contributed by atoms with Crippen molar-refractivity contribution in [3.8, 4) is 0 Å². The zero-order chi connectivity index (χ0) is 19.6. The highest BCUT2D eigenvalue weighted by Crippen LogP contribution is 2.17. The van der Waals surface area contributed by atoms with Gasteiger partial charge in [0.15, 0.2) is 11.8 Å². The van der Waals surface area contributed by atoms with E-state index in [2.05, 4.69) is 58.2 Å². The summed E-state index contributed by atoms with van der Waals surface area (Å²) in [5.74, 6) is 3.24. The number of hydrogen-bond acceptors (Lipinski definition) is 4. The van der Waals surface area contributed by atoms with Gasteiger partial charge in [0.05, 0.1) is 18.8 Å². The van der Waals surface area contributed by atoms with Crippen LogP contribution in [0.3, 0.4) is 0 Å². The normalized spacial score (nSPS) is 17.3. The molecule has 0 aromatic carbocycles. The molecule has 0 amide bonds. The van der Waals surface area contributed by atoms with E-state index in [9.17, 15) is 0 Å². The Bertz CT molecular complexity index is 814. The first-order valence-electron chi connectivity index (χ1n) is 9.86. The summed E-state index contributed by atoms with van der Waals surface area (Å²) in [7, 11) is 1.97. The van der Waals surface area contributed by atoms with Crippen molar-refractivity contribution >= 4 is 5.96 Å². The summed E-state index contributed by atoms with van der Waals surface area (Å²) < 4.78 is 3.97. The van der Waals surface area contributed by atoms with Crippen molar-refractivity contribution in [3.63, 3.8) is 0 Å². The standard InChI is InChI=1S/C19H32N8/c1-7-20-19(21-10-16-13(4)24-26(6)14(16)5)22-15-8-9-17-23-18(12(2)3)25-27(17)11-15/h12,15H,7-11H2,1-6H3,(H2,20,21,22). The molecule has 2 aromatic heterocycles. The number of hydrogen-bond donors (Lipinski definition) is 2. The average Bonchev–Trinajstić information content (AvgIpc) is 3.14. The van der Waals surface area contributed by atoms with Gasteiger partial charge in [-0.1, -0.05) is 13.8 Å². The number of aromatic nitrogens is 5. The SMILES string of the molecule is CCNC(=NCc1c(C)nn(C)c1C)NC1CCc2nc(C(C)C)nn2C1. The van der Waals surface area contributed by atoms with Gasteiger partial charge in [-0.25, -0.2) is 14.7 Å². The minimum atomic E-state index is 0.299. The van der Waals surface area contributed by atoms with E-state index in [0.717, 1.165) is 49.2 Å². The lowest BCUT2D eigenvalue weighted by Crippen LogP contribution is -2.47. The number of nitrogens with one attached hydrogen (secondary N) is 2. The molecule has 148 valence electrons. The van der Waals surface area contributed by atoms with Crippen LogP contribution in [0.4, 0.5) is 0 Å². The van der Waals surface area contributed by atoms with Gasteiger partial charge in [0.25, 0.3) is 0 Å². The Morgan fingerprint density at radius 2 is 2.07 bits per heavy atom. The number of fused-ring (bicyclic) bond motifs is 1.